The number of hydrogen-bond donors (Lipinski definition) is 0. The molecule has 0 atom stereocenters. The molecule has 2 aromatic rings. The maximum Gasteiger partial charge on any atom is 0.293 e. The Bertz CT molecular complexity index is 630. The summed E-state index contributed by atoms with van der Waals surface area (Å²) in [5.74, 6) is 1.34. The molecule has 0 saturated carbocycles. The molecular weight excluding hydrogens is 293 g/mol. The molecule has 0 fully saturated rings. The maximum absolute atomic E-state index is 12.0. The van der Waals surface area contributed by atoms with Crippen LogP contribution >= 0.6 is 35.0 Å². The predicted molar refractivity (Wildman–Crippen MR) is 74.0 cm³/mol. The van der Waals surface area contributed by atoms with E-state index in [0.717, 1.165) is 15.3 Å². The topological polar surface area (TPSA) is 47.8 Å². The van der Waals surface area contributed by atoms with Crippen molar-refractivity contribution < 1.29 is 0 Å². The summed E-state index contributed by atoms with van der Waals surface area (Å²) in [5, 5.41) is 4.05. The lowest BCUT2D eigenvalue weighted by atomic mass is 10.4. The Morgan fingerprint density at radius 1 is 1.44 bits per heavy atom. The van der Waals surface area contributed by atoms with Gasteiger partial charge in [-0.3, -0.25) is 4.79 Å². The highest BCUT2D eigenvalue weighted by atomic mass is 35.5. The first-order valence-corrected chi connectivity index (χ1v) is 6.90. The molecule has 0 spiro atoms. The van der Waals surface area contributed by atoms with Gasteiger partial charge in [-0.05, 0) is 17.9 Å². The number of thioether (sulfide) groups is 1. The average molecular weight is 302 g/mol. The Labute approximate surface area is 118 Å². The molecule has 0 saturated heterocycles. The number of aromatic nitrogens is 3. The number of hydrogen-bond acceptors (Lipinski definition) is 4. The first kappa shape index (κ1) is 13.4. The molecule has 0 N–H and O–H groups in total. The summed E-state index contributed by atoms with van der Waals surface area (Å²) in [7, 11) is 0. The van der Waals surface area contributed by atoms with Crippen LogP contribution in [-0.4, -0.2) is 20.5 Å². The molecule has 0 unspecified atom stereocenters. The van der Waals surface area contributed by atoms with Crippen molar-refractivity contribution in [1.82, 2.24) is 14.8 Å². The third kappa shape index (κ3) is 2.53. The fourth-order valence-corrected chi connectivity index (χ4v) is 2.38. The maximum atomic E-state index is 12.0. The van der Waals surface area contributed by atoms with E-state index < -0.39 is 5.56 Å². The van der Waals surface area contributed by atoms with Crippen LogP contribution in [-0.2, 0) is 0 Å². The minimum absolute atomic E-state index is 0.0511. The van der Waals surface area contributed by atoms with Crippen molar-refractivity contribution in [3.05, 3.63) is 44.9 Å². The zero-order chi connectivity index (χ0) is 13.1. The van der Waals surface area contributed by atoms with Crippen molar-refractivity contribution in [2.45, 2.75) is 11.8 Å². The molecule has 2 rings (SSSR count). The number of halogens is 2. The standard InChI is InChI=1S/C11H9Cl2N3OS/c1-2-18-8-4-3-5-14-10(8)16-11(17)9(13)7(12)6-15-16/h3-6H,2H2,1H3. The number of nitrogens with zero attached hydrogens (tertiary/aromatic N) is 3. The van der Waals surface area contributed by atoms with Crippen molar-refractivity contribution in [2.24, 2.45) is 0 Å². The molecule has 0 bridgehead atoms. The van der Waals surface area contributed by atoms with Gasteiger partial charge in [0.2, 0.25) is 0 Å². The zero-order valence-corrected chi connectivity index (χ0v) is 11.8. The van der Waals surface area contributed by atoms with Crippen molar-refractivity contribution in [2.75, 3.05) is 5.75 Å². The van der Waals surface area contributed by atoms with Gasteiger partial charge in [0.15, 0.2) is 5.82 Å². The van der Waals surface area contributed by atoms with Crippen molar-refractivity contribution >= 4 is 35.0 Å². The van der Waals surface area contributed by atoms with Gasteiger partial charge in [0.25, 0.3) is 5.56 Å². The fraction of sp³-hybridized carbons (Fsp3) is 0.182. The summed E-state index contributed by atoms with van der Waals surface area (Å²) in [6.07, 6.45) is 2.94. The second-order valence-electron chi connectivity index (χ2n) is 3.28. The van der Waals surface area contributed by atoms with E-state index in [9.17, 15) is 4.79 Å². The van der Waals surface area contributed by atoms with Gasteiger partial charge < -0.3 is 0 Å². The van der Waals surface area contributed by atoms with E-state index in [1.165, 1.54) is 6.20 Å². The second-order valence-corrected chi connectivity index (χ2v) is 5.37. The van der Waals surface area contributed by atoms with Gasteiger partial charge >= 0.3 is 0 Å². The zero-order valence-electron chi connectivity index (χ0n) is 9.43. The molecule has 0 amide bonds. The third-order valence-corrected chi connectivity index (χ3v) is 3.79. The summed E-state index contributed by atoms with van der Waals surface area (Å²) < 4.78 is 1.16. The van der Waals surface area contributed by atoms with Crippen LogP contribution in [0.2, 0.25) is 10.0 Å². The molecule has 0 aliphatic rings. The van der Waals surface area contributed by atoms with Crippen LogP contribution in [0.1, 0.15) is 6.92 Å². The summed E-state index contributed by atoms with van der Waals surface area (Å²) in [6.45, 7) is 2.02. The average Bonchev–Trinajstić information content (AvgIpc) is 2.38. The molecule has 0 aliphatic carbocycles. The summed E-state index contributed by atoms with van der Waals surface area (Å²) >= 11 is 13.1. The molecule has 94 valence electrons. The van der Waals surface area contributed by atoms with Gasteiger partial charge in [0, 0.05) is 6.20 Å². The van der Waals surface area contributed by atoms with Gasteiger partial charge in [0.1, 0.15) is 5.02 Å². The largest absolute Gasteiger partial charge is 0.293 e. The van der Waals surface area contributed by atoms with Gasteiger partial charge in [0.05, 0.1) is 16.1 Å². The lowest BCUT2D eigenvalue weighted by molar-refractivity contribution is 0.765. The van der Waals surface area contributed by atoms with Gasteiger partial charge in [-0.1, -0.05) is 30.1 Å². The first-order chi connectivity index (χ1) is 8.65. The first-order valence-electron chi connectivity index (χ1n) is 5.16. The van der Waals surface area contributed by atoms with Crippen LogP contribution in [0.25, 0.3) is 5.82 Å². The Morgan fingerprint density at radius 3 is 2.94 bits per heavy atom. The fourth-order valence-electron chi connectivity index (χ4n) is 1.37. The predicted octanol–water partition coefficient (Wildman–Crippen LogP) is 3.05. The minimum Gasteiger partial charge on any atom is -0.266 e. The van der Waals surface area contributed by atoms with Crippen LogP contribution in [0.4, 0.5) is 0 Å². The highest BCUT2D eigenvalue weighted by Crippen LogP contribution is 2.23. The van der Waals surface area contributed by atoms with E-state index in [1.54, 1.807) is 18.0 Å². The lowest BCUT2D eigenvalue weighted by Gasteiger charge is -2.08. The second kappa shape index (κ2) is 5.73. The van der Waals surface area contributed by atoms with Crippen LogP contribution in [0, 0.1) is 0 Å². The normalized spacial score (nSPS) is 10.6. The van der Waals surface area contributed by atoms with Crippen molar-refractivity contribution in [1.29, 1.82) is 0 Å². The van der Waals surface area contributed by atoms with Crippen molar-refractivity contribution in [3.63, 3.8) is 0 Å². The van der Waals surface area contributed by atoms with Gasteiger partial charge in [-0.25, -0.2) is 4.98 Å². The Hall–Kier alpha value is -1.04. The molecule has 2 aromatic heterocycles. The molecular formula is C11H9Cl2N3OS. The SMILES string of the molecule is CCSc1cccnc1-n1ncc(Cl)c(Cl)c1=O. The summed E-state index contributed by atoms with van der Waals surface area (Å²) in [4.78, 5) is 17.0. The van der Waals surface area contributed by atoms with Gasteiger partial charge in [-0.15, -0.1) is 11.8 Å². The van der Waals surface area contributed by atoms with Crippen LogP contribution in [0.5, 0.6) is 0 Å². The lowest BCUT2D eigenvalue weighted by Crippen LogP contribution is -2.23. The smallest absolute Gasteiger partial charge is 0.266 e. The highest BCUT2D eigenvalue weighted by Gasteiger charge is 2.13. The Balaban J connectivity index is 2.63. The number of pyridine rings is 1. The van der Waals surface area contributed by atoms with Crippen LogP contribution < -0.4 is 5.56 Å². The molecule has 0 radical (unpaired) electrons. The summed E-state index contributed by atoms with van der Waals surface area (Å²) in [6, 6.07) is 3.69. The summed E-state index contributed by atoms with van der Waals surface area (Å²) in [5.41, 5.74) is -0.471. The van der Waals surface area contributed by atoms with Crippen LogP contribution in [0.15, 0.2) is 34.2 Å². The number of rotatable bonds is 3. The molecule has 18 heavy (non-hydrogen) atoms. The highest BCUT2D eigenvalue weighted by molar-refractivity contribution is 7.99. The molecule has 2 heterocycles. The Kier molecular flexibility index (Phi) is 4.27. The Morgan fingerprint density at radius 2 is 2.22 bits per heavy atom. The van der Waals surface area contributed by atoms with E-state index in [-0.39, 0.29) is 10.0 Å². The van der Waals surface area contributed by atoms with Crippen LogP contribution in [0.3, 0.4) is 0 Å². The van der Waals surface area contributed by atoms with Gasteiger partial charge in [-0.2, -0.15) is 9.78 Å². The monoisotopic (exact) mass is 301 g/mol. The van der Waals surface area contributed by atoms with Crippen molar-refractivity contribution in [3.8, 4) is 5.82 Å². The molecule has 0 aromatic carbocycles. The minimum atomic E-state index is -0.471. The van der Waals surface area contributed by atoms with E-state index in [1.807, 2.05) is 19.1 Å². The third-order valence-electron chi connectivity index (χ3n) is 2.13. The van der Waals surface area contributed by atoms with E-state index in [2.05, 4.69) is 10.1 Å². The van der Waals surface area contributed by atoms with E-state index in [0.29, 0.717) is 5.82 Å². The molecule has 0 aliphatic heterocycles. The van der Waals surface area contributed by atoms with E-state index in [4.69, 9.17) is 23.2 Å². The molecule has 4 nitrogen and oxygen atoms in total. The van der Waals surface area contributed by atoms with E-state index >= 15 is 0 Å². The molecule has 7 heteroatoms. The quantitative estimate of drug-likeness (QED) is 0.818.